The fraction of sp³-hybridized carbons (Fsp3) is 0.438. The Labute approximate surface area is 129 Å². The van der Waals surface area contributed by atoms with Gasteiger partial charge >= 0.3 is 0 Å². The number of nitrogens with zero attached hydrogens (tertiary/aromatic N) is 1. The van der Waals surface area contributed by atoms with Crippen molar-refractivity contribution in [1.82, 2.24) is 10.3 Å². The third kappa shape index (κ3) is 3.95. The monoisotopic (exact) mass is 304 g/mol. The van der Waals surface area contributed by atoms with Gasteiger partial charge in [0.1, 0.15) is 0 Å². The zero-order chi connectivity index (χ0) is 14.5. The van der Waals surface area contributed by atoms with E-state index in [0.29, 0.717) is 0 Å². The minimum atomic E-state index is 0.729. The van der Waals surface area contributed by atoms with E-state index in [-0.39, 0.29) is 0 Å². The number of fused-ring (bicyclic) bond motifs is 1. The zero-order valence-electron chi connectivity index (χ0n) is 12.2. The molecule has 0 aliphatic carbocycles. The number of hydrogen-bond donors (Lipinski definition) is 1. The molecule has 2 aromatic rings. The molecule has 2 heterocycles. The summed E-state index contributed by atoms with van der Waals surface area (Å²) in [4.78, 5) is 4.47. The largest absolute Gasteiger partial charge is 0.490 e. The number of ether oxygens (including phenoxy) is 2. The van der Waals surface area contributed by atoms with E-state index in [2.05, 4.69) is 27.8 Å². The fourth-order valence-electron chi connectivity index (χ4n) is 2.26. The minimum Gasteiger partial charge on any atom is -0.490 e. The number of rotatable bonds is 5. The highest BCUT2D eigenvalue weighted by Gasteiger charge is 2.10. The van der Waals surface area contributed by atoms with Gasteiger partial charge in [-0.1, -0.05) is 6.07 Å². The summed E-state index contributed by atoms with van der Waals surface area (Å²) in [5.41, 5.74) is 2.33. The molecule has 0 atom stereocenters. The van der Waals surface area contributed by atoms with Crippen LogP contribution in [0.3, 0.4) is 0 Å². The molecular formula is C16H20N2O2S. The van der Waals surface area contributed by atoms with E-state index in [4.69, 9.17) is 9.47 Å². The van der Waals surface area contributed by atoms with E-state index in [0.717, 1.165) is 56.3 Å². The molecule has 0 fully saturated rings. The van der Waals surface area contributed by atoms with Gasteiger partial charge in [-0.3, -0.25) is 0 Å². The third-order valence-corrected chi connectivity index (χ3v) is 4.35. The lowest BCUT2D eigenvalue weighted by Crippen LogP contribution is -2.16. The van der Waals surface area contributed by atoms with E-state index in [1.165, 1.54) is 10.6 Å². The highest BCUT2D eigenvalue weighted by molar-refractivity contribution is 7.09. The van der Waals surface area contributed by atoms with Crippen LogP contribution < -0.4 is 14.8 Å². The SMILES string of the molecule is Cc1csc(CCNCc2ccc3c(c2)OCCCO3)n1. The lowest BCUT2D eigenvalue weighted by atomic mass is 10.2. The molecule has 21 heavy (non-hydrogen) atoms. The van der Waals surface area contributed by atoms with Crippen LogP contribution in [0, 0.1) is 6.92 Å². The summed E-state index contributed by atoms with van der Waals surface area (Å²) in [6.45, 7) is 5.26. The summed E-state index contributed by atoms with van der Waals surface area (Å²) in [6.07, 6.45) is 1.92. The summed E-state index contributed by atoms with van der Waals surface area (Å²) in [6, 6.07) is 6.16. The van der Waals surface area contributed by atoms with Gasteiger partial charge in [-0.05, 0) is 24.6 Å². The summed E-state index contributed by atoms with van der Waals surface area (Å²) >= 11 is 1.73. The normalized spacial score (nSPS) is 14.0. The quantitative estimate of drug-likeness (QED) is 0.863. The molecule has 1 aromatic heterocycles. The highest BCUT2D eigenvalue weighted by Crippen LogP contribution is 2.30. The summed E-state index contributed by atoms with van der Waals surface area (Å²) in [7, 11) is 0. The Hall–Kier alpha value is -1.59. The standard InChI is InChI=1S/C16H20N2O2S/c1-12-11-21-16(18-12)5-6-17-10-13-3-4-14-15(9-13)20-8-2-7-19-14/h3-4,9,11,17H,2,5-8,10H2,1H3. The van der Waals surface area contributed by atoms with Crippen molar-refractivity contribution in [1.29, 1.82) is 0 Å². The van der Waals surface area contributed by atoms with Crippen LogP contribution in [0.5, 0.6) is 11.5 Å². The topological polar surface area (TPSA) is 43.4 Å². The minimum absolute atomic E-state index is 0.729. The number of aromatic nitrogens is 1. The molecule has 1 aliphatic heterocycles. The fourth-order valence-corrected chi connectivity index (χ4v) is 3.04. The van der Waals surface area contributed by atoms with Crippen molar-refractivity contribution in [2.75, 3.05) is 19.8 Å². The Balaban J connectivity index is 1.50. The van der Waals surface area contributed by atoms with Crippen molar-refractivity contribution < 1.29 is 9.47 Å². The molecule has 4 nitrogen and oxygen atoms in total. The van der Waals surface area contributed by atoms with Crippen LogP contribution in [0.15, 0.2) is 23.6 Å². The molecule has 0 amide bonds. The van der Waals surface area contributed by atoms with Gasteiger partial charge in [-0.25, -0.2) is 4.98 Å². The van der Waals surface area contributed by atoms with Crippen LogP contribution in [0.1, 0.15) is 22.7 Å². The smallest absolute Gasteiger partial charge is 0.161 e. The predicted molar refractivity (Wildman–Crippen MR) is 84.3 cm³/mol. The molecule has 0 saturated carbocycles. The predicted octanol–water partition coefficient (Wildman–Crippen LogP) is 2.95. The highest BCUT2D eigenvalue weighted by atomic mass is 32.1. The van der Waals surface area contributed by atoms with Crippen LogP contribution >= 0.6 is 11.3 Å². The summed E-state index contributed by atoms with van der Waals surface area (Å²) in [5.74, 6) is 1.72. The van der Waals surface area contributed by atoms with Crippen molar-refractivity contribution in [2.45, 2.75) is 26.3 Å². The maximum Gasteiger partial charge on any atom is 0.161 e. The molecule has 5 heteroatoms. The lowest BCUT2D eigenvalue weighted by molar-refractivity contribution is 0.297. The number of aryl methyl sites for hydroxylation is 1. The summed E-state index contributed by atoms with van der Waals surface area (Å²) in [5, 5.41) is 6.74. The molecule has 112 valence electrons. The Kier molecular flexibility index (Phi) is 4.72. The molecule has 0 bridgehead atoms. The van der Waals surface area contributed by atoms with E-state index < -0.39 is 0 Å². The summed E-state index contributed by atoms with van der Waals surface area (Å²) < 4.78 is 11.3. The molecule has 0 saturated heterocycles. The van der Waals surface area contributed by atoms with Crippen molar-refractivity contribution >= 4 is 11.3 Å². The van der Waals surface area contributed by atoms with E-state index >= 15 is 0 Å². The van der Waals surface area contributed by atoms with Crippen molar-refractivity contribution in [3.8, 4) is 11.5 Å². The van der Waals surface area contributed by atoms with Crippen LogP contribution in [0.4, 0.5) is 0 Å². The van der Waals surface area contributed by atoms with Gasteiger partial charge in [0.05, 0.1) is 18.2 Å². The first-order valence-electron chi connectivity index (χ1n) is 7.31. The number of nitrogens with one attached hydrogen (secondary N) is 1. The van der Waals surface area contributed by atoms with Gasteiger partial charge < -0.3 is 14.8 Å². The second-order valence-corrected chi connectivity index (χ2v) is 6.08. The van der Waals surface area contributed by atoms with Gasteiger partial charge in [0.15, 0.2) is 11.5 Å². The second kappa shape index (κ2) is 6.91. The second-order valence-electron chi connectivity index (χ2n) is 5.14. The Bertz CT molecular complexity index is 598. The van der Waals surface area contributed by atoms with Gasteiger partial charge in [-0.15, -0.1) is 11.3 Å². The van der Waals surface area contributed by atoms with Crippen molar-refractivity contribution in [3.05, 3.63) is 39.8 Å². The van der Waals surface area contributed by atoms with Gasteiger partial charge in [0.2, 0.25) is 0 Å². The number of benzene rings is 1. The van der Waals surface area contributed by atoms with Crippen LogP contribution in [0.2, 0.25) is 0 Å². The molecule has 0 spiro atoms. The lowest BCUT2D eigenvalue weighted by Gasteiger charge is -2.10. The van der Waals surface area contributed by atoms with Gasteiger partial charge in [-0.2, -0.15) is 0 Å². The zero-order valence-corrected chi connectivity index (χ0v) is 13.0. The molecule has 1 N–H and O–H groups in total. The van der Waals surface area contributed by atoms with Crippen LogP contribution in [-0.4, -0.2) is 24.7 Å². The molecule has 3 rings (SSSR count). The van der Waals surface area contributed by atoms with Crippen molar-refractivity contribution in [3.63, 3.8) is 0 Å². The molecule has 1 aliphatic rings. The van der Waals surface area contributed by atoms with Crippen LogP contribution in [-0.2, 0) is 13.0 Å². The Morgan fingerprint density at radius 3 is 2.90 bits per heavy atom. The van der Waals surface area contributed by atoms with Gasteiger partial charge in [0.25, 0.3) is 0 Å². The molecule has 1 aromatic carbocycles. The average Bonchev–Trinajstić information content (AvgIpc) is 2.76. The van der Waals surface area contributed by atoms with E-state index in [1.807, 2.05) is 13.0 Å². The maximum absolute atomic E-state index is 5.71. The Morgan fingerprint density at radius 1 is 1.24 bits per heavy atom. The van der Waals surface area contributed by atoms with E-state index in [9.17, 15) is 0 Å². The first-order valence-corrected chi connectivity index (χ1v) is 8.19. The molecule has 0 unspecified atom stereocenters. The Morgan fingerprint density at radius 2 is 2.10 bits per heavy atom. The third-order valence-electron chi connectivity index (χ3n) is 3.32. The molecular weight excluding hydrogens is 284 g/mol. The number of thiazole rings is 1. The maximum atomic E-state index is 5.71. The molecule has 0 radical (unpaired) electrons. The van der Waals surface area contributed by atoms with Crippen molar-refractivity contribution in [2.24, 2.45) is 0 Å². The first kappa shape index (κ1) is 14.4. The first-order chi connectivity index (χ1) is 10.3. The number of hydrogen-bond acceptors (Lipinski definition) is 5. The average molecular weight is 304 g/mol. The van der Waals surface area contributed by atoms with Gasteiger partial charge in [0, 0.05) is 37.0 Å². The van der Waals surface area contributed by atoms with E-state index in [1.54, 1.807) is 11.3 Å². The van der Waals surface area contributed by atoms with Crippen LogP contribution in [0.25, 0.3) is 0 Å².